The third-order valence-electron chi connectivity index (χ3n) is 4.49. The number of benzene rings is 1. The van der Waals surface area contributed by atoms with Gasteiger partial charge in [0, 0.05) is 39.2 Å². The first kappa shape index (κ1) is 18.6. The maximum absolute atomic E-state index is 12.4. The number of rotatable bonds is 6. The number of para-hydroxylation sites is 1. The molecule has 2 aromatic rings. The van der Waals surface area contributed by atoms with Gasteiger partial charge in [0.1, 0.15) is 23.2 Å². The van der Waals surface area contributed by atoms with Crippen LogP contribution < -0.4 is 15.6 Å². The maximum Gasteiger partial charge on any atom is 0.289 e. The van der Waals surface area contributed by atoms with Crippen LogP contribution in [0, 0.1) is 4.91 Å². The molecule has 0 bridgehead atoms. The highest BCUT2D eigenvalue weighted by Crippen LogP contribution is 2.29. The molecule has 142 valence electrons. The fourth-order valence-corrected chi connectivity index (χ4v) is 2.96. The molecule has 9 heteroatoms. The van der Waals surface area contributed by atoms with Crippen molar-refractivity contribution >= 4 is 17.3 Å². The Balaban J connectivity index is 1.50. The average molecular weight is 371 g/mol. The Bertz CT molecular complexity index is 874. The van der Waals surface area contributed by atoms with Gasteiger partial charge in [0.25, 0.3) is 5.56 Å². The molecule has 27 heavy (non-hydrogen) atoms. The number of nitrogens with one attached hydrogen (secondary N) is 1. The third-order valence-corrected chi connectivity index (χ3v) is 4.49. The highest BCUT2D eigenvalue weighted by Gasteiger charge is 2.24. The lowest BCUT2D eigenvalue weighted by molar-refractivity contribution is -0.131. The summed E-state index contributed by atoms with van der Waals surface area (Å²) in [6.45, 7) is 1.15. The van der Waals surface area contributed by atoms with E-state index in [9.17, 15) is 14.5 Å². The SMILES string of the molecule is Cn1nccc(NCC(=O)N2CCC(Oc3ccccc3N=O)CC2)c1=O. The summed E-state index contributed by atoms with van der Waals surface area (Å²) >= 11 is 0. The number of aryl methyl sites for hydroxylation is 1. The van der Waals surface area contributed by atoms with E-state index in [1.165, 1.54) is 10.9 Å². The van der Waals surface area contributed by atoms with Crippen LogP contribution in [-0.2, 0) is 11.8 Å². The quantitative estimate of drug-likeness (QED) is 0.774. The Labute approximate surface area is 155 Å². The van der Waals surface area contributed by atoms with Crippen molar-refractivity contribution < 1.29 is 9.53 Å². The summed E-state index contributed by atoms with van der Waals surface area (Å²) in [6, 6.07) is 8.39. The number of piperidine rings is 1. The number of nitroso groups, excluding NO2 is 1. The Kier molecular flexibility index (Phi) is 5.80. The lowest BCUT2D eigenvalue weighted by Gasteiger charge is -2.32. The van der Waals surface area contributed by atoms with Crippen molar-refractivity contribution in [3.05, 3.63) is 51.8 Å². The number of hydrogen-bond acceptors (Lipinski definition) is 7. The third kappa shape index (κ3) is 4.49. The Morgan fingerprint density at radius 3 is 2.78 bits per heavy atom. The topological polar surface area (TPSA) is 106 Å². The van der Waals surface area contributed by atoms with E-state index in [4.69, 9.17) is 4.74 Å². The Morgan fingerprint density at radius 2 is 2.04 bits per heavy atom. The van der Waals surface area contributed by atoms with Gasteiger partial charge in [-0.05, 0) is 23.4 Å². The minimum atomic E-state index is -0.278. The van der Waals surface area contributed by atoms with Crippen LogP contribution in [0.2, 0.25) is 0 Å². The fraction of sp³-hybridized carbons (Fsp3) is 0.389. The van der Waals surface area contributed by atoms with Gasteiger partial charge in [-0.25, -0.2) is 4.68 Å². The lowest BCUT2D eigenvalue weighted by Crippen LogP contribution is -2.44. The molecule has 1 aliphatic rings. The van der Waals surface area contributed by atoms with Crippen LogP contribution in [-0.4, -0.2) is 46.3 Å². The molecule has 3 rings (SSSR count). The van der Waals surface area contributed by atoms with Gasteiger partial charge in [-0.3, -0.25) is 9.59 Å². The Hall–Kier alpha value is -3.23. The minimum absolute atomic E-state index is 0.0443. The predicted octanol–water partition coefficient (Wildman–Crippen LogP) is 1.66. The molecule has 1 N–H and O–H groups in total. The summed E-state index contributed by atoms with van der Waals surface area (Å²) < 4.78 is 7.08. The zero-order valence-electron chi connectivity index (χ0n) is 15.0. The molecule has 0 spiro atoms. The number of amides is 1. The molecule has 9 nitrogen and oxygen atoms in total. The van der Waals surface area contributed by atoms with E-state index in [0.717, 1.165) is 0 Å². The summed E-state index contributed by atoms with van der Waals surface area (Å²) in [6.07, 6.45) is 2.76. The molecule has 0 unspecified atom stereocenters. The zero-order chi connectivity index (χ0) is 19.2. The average Bonchev–Trinajstić information content (AvgIpc) is 2.70. The minimum Gasteiger partial charge on any atom is -0.488 e. The molecule has 1 saturated heterocycles. The van der Waals surface area contributed by atoms with Crippen LogP contribution in [0.15, 0.2) is 46.5 Å². The first-order valence-electron chi connectivity index (χ1n) is 8.71. The van der Waals surface area contributed by atoms with Crippen molar-refractivity contribution in [3.8, 4) is 5.75 Å². The van der Waals surface area contributed by atoms with Crippen LogP contribution in [0.5, 0.6) is 5.75 Å². The monoisotopic (exact) mass is 371 g/mol. The number of likely N-dealkylation sites (tertiary alicyclic amines) is 1. The molecule has 0 aliphatic carbocycles. The van der Waals surface area contributed by atoms with Crippen molar-refractivity contribution in [3.63, 3.8) is 0 Å². The number of aromatic nitrogens is 2. The second-order valence-electron chi connectivity index (χ2n) is 6.28. The summed E-state index contributed by atoms with van der Waals surface area (Å²) in [5.41, 5.74) is 0.344. The van der Waals surface area contributed by atoms with Crippen molar-refractivity contribution in [1.82, 2.24) is 14.7 Å². The highest BCUT2D eigenvalue weighted by atomic mass is 16.5. The molecular weight excluding hydrogens is 350 g/mol. The van der Waals surface area contributed by atoms with Gasteiger partial charge in [-0.2, -0.15) is 5.10 Å². The molecule has 1 aromatic heterocycles. The molecule has 0 saturated carbocycles. The van der Waals surface area contributed by atoms with Crippen LogP contribution >= 0.6 is 0 Å². The number of ether oxygens (including phenoxy) is 1. The van der Waals surface area contributed by atoms with E-state index in [1.807, 2.05) is 0 Å². The first-order chi connectivity index (χ1) is 13.1. The predicted molar refractivity (Wildman–Crippen MR) is 100 cm³/mol. The molecule has 0 atom stereocenters. The number of carbonyl (C=O) groups is 1. The first-order valence-corrected chi connectivity index (χ1v) is 8.71. The van der Waals surface area contributed by atoms with Crippen LogP contribution in [0.25, 0.3) is 0 Å². The maximum atomic E-state index is 12.4. The molecular formula is C18H21N5O4. The highest BCUT2D eigenvalue weighted by molar-refractivity contribution is 5.80. The van der Waals surface area contributed by atoms with Gasteiger partial charge in [-0.15, -0.1) is 4.91 Å². The molecule has 2 heterocycles. The van der Waals surface area contributed by atoms with Gasteiger partial charge >= 0.3 is 0 Å². The van der Waals surface area contributed by atoms with Crippen molar-refractivity contribution in [2.24, 2.45) is 12.2 Å². The smallest absolute Gasteiger partial charge is 0.289 e. The van der Waals surface area contributed by atoms with E-state index in [0.29, 0.717) is 37.4 Å². The molecule has 1 amide bonds. The standard InChI is InChI=1S/C18H21N5O4/c1-22-18(25)15(6-9-20-22)19-12-17(24)23-10-7-13(8-11-23)27-16-5-3-2-4-14(16)21-26/h2-6,9,13,19H,7-8,10-12H2,1H3. The van der Waals surface area contributed by atoms with Gasteiger partial charge in [0.15, 0.2) is 0 Å². The van der Waals surface area contributed by atoms with E-state index < -0.39 is 0 Å². The number of hydrogen-bond donors (Lipinski definition) is 1. The molecule has 1 aliphatic heterocycles. The van der Waals surface area contributed by atoms with Crippen LogP contribution in [0.3, 0.4) is 0 Å². The summed E-state index contributed by atoms with van der Waals surface area (Å²) in [5, 5.41) is 9.68. The van der Waals surface area contributed by atoms with Gasteiger partial charge in [0.05, 0.1) is 6.54 Å². The van der Waals surface area contributed by atoms with E-state index in [-0.39, 0.29) is 29.8 Å². The van der Waals surface area contributed by atoms with Gasteiger partial charge in [0.2, 0.25) is 5.91 Å². The van der Waals surface area contributed by atoms with Crippen molar-refractivity contribution in [2.45, 2.75) is 18.9 Å². The largest absolute Gasteiger partial charge is 0.488 e. The van der Waals surface area contributed by atoms with E-state index >= 15 is 0 Å². The second kappa shape index (κ2) is 8.43. The summed E-state index contributed by atoms with van der Waals surface area (Å²) in [5.74, 6) is 0.384. The van der Waals surface area contributed by atoms with Gasteiger partial charge < -0.3 is 15.0 Å². The fourth-order valence-electron chi connectivity index (χ4n) is 2.96. The molecule has 1 aromatic carbocycles. The van der Waals surface area contributed by atoms with Crippen LogP contribution in [0.4, 0.5) is 11.4 Å². The summed E-state index contributed by atoms with van der Waals surface area (Å²) in [4.78, 5) is 36.8. The van der Waals surface area contributed by atoms with Gasteiger partial charge in [-0.1, -0.05) is 12.1 Å². The van der Waals surface area contributed by atoms with Crippen molar-refractivity contribution in [2.75, 3.05) is 25.0 Å². The molecule has 0 radical (unpaired) electrons. The summed E-state index contributed by atoms with van der Waals surface area (Å²) in [7, 11) is 1.55. The Morgan fingerprint density at radius 1 is 1.30 bits per heavy atom. The number of anilines is 1. The van der Waals surface area contributed by atoms with Crippen LogP contribution in [0.1, 0.15) is 12.8 Å². The van der Waals surface area contributed by atoms with E-state index in [1.54, 1.807) is 42.3 Å². The van der Waals surface area contributed by atoms with Crippen molar-refractivity contribution in [1.29, 1.82) is 0 Å². The van der Waals surface area contributed by atoms with E-state index in [2.05, 4.69) is 15.6 Å². The zero-order valence-corrected chi connectivity index (χ0v) is 15.0. The second-order valence-corrected chi connectivity index (χ2v) is 6.28. The number of nitrogens with zero attached hydrogens (tertiary/aromatic N) is 4. The normalized spacial score (nSPS) is 14.6. The molecule has 1 fully saturated rings. The number of carbonyl (C=O) groups excluding carboxylic acids is 1. The lowest BCUT2D eigenvalue weighted by atomic mass is 10.1.